The molecule has 1 rings (SSSR count). The van der Waals surface area contributed by atoms with Gasteiger partial charge in [0.25, 0.3) is 0 Å². The highest BCUT2D eigenvalue weighted by Crippen LogP contribution is 2.17. The first-order valence-electron chi connectivity index (χ1n) is 5.88. The monoisotopic (exact) mass is 232 g/mol. The number of rotatable bonds is 8. The van der Waals surface area contributed by atoms with Crippen molar-refractivity contribution in [2.45, 2.75) is 31.2 Å². The molecule has 0 spiro atoms. The molecule has 0 radical (unpaired) electrons. The van der Waals surface area contributed by atoms with Gasteiger partial charge in [-0.1, -0.05) is 0 Å². The average molecular weight is 232 g/mol. The summed E-state index contributed by atoms with van der Waals surface area (Å²) in [6, 6.07) is 0. The number of hydrogen-bond acceptors (Lipinski definition) is 5. The maximum Gasteiger partial charge on any atom is 0.0928 e. The van der Waals surface area contributed by atoms with Crippen LogP contribution in [0.5, 0.6) is 0 Å². The smallest absolute Gasteiger partial charge is 0.0928 e. The molecular weight excluding hydrogens is 208 g/mol. The lowest BCUT2D eigenvalue weighted by Crippen LogP contribution is -2.36. The Bertz CT molecular complexity index is 181. The van der Waals surface area contributed by atoms with Crippen LogP contribution in [0.4, 0.5) is 0 Å². The van der Waals surface area contributed by atoms with Gasteiger partial charge in [0.15, 0.2) is 0 Å². The van der Waals surface area contributed by atoms with E-state index in [4.69, 9.17) is 19.9 Å². The molecule has 1 heterocycles. The zero-order chi connectivity index (χ0) is 11.8. The Balaban J connectivity index is 2.06. The summed E-state index contributed by atoms with van der Waals surface area (Å²) in [6.07, 6.45) is 2.83. The number of nitrogens with one attached hydrogen (secondary N) is 1. The van der Waals surface area contributed by atoms with E-state index in [9.17, 15) is 0 Å². The van der Waals surface area contributed by atoms with Crippen molar-refractivity contribution in [2.75, 3.05) is 40.5 Å². The predicted octanol–water partition coefficient (Wildman–Crippen LogP) is -0.256. The minimum atomic E-state index is 0.108. The van der Waals surface area contributed by atoms with Gasteiger partial charge >= 0.3 is 0 Å². The van der Waals surface area contributed by atoms with Crippen LogP contribution >= 0.6 is 0 Å². The zero-order valence-corrected chi connectivity index (χ0v) is 10.3. The SMILES string of the molecule is COCC(CNCC1CCC(CN)O1)OC. The second-order valence-corrected chi connectivity index (χ2v) is 4.16. The van der Waals surface area contributed by atoms with Gasteiger partial charge in [-0.15, -0.1) is 0 Å². The van der Waals surface area contributed by atoms with Crippen LogP contribution in [-0.2, 0) is 14.2 Å². The van der Waals surface area contributed by atoms with Crippen LogP contribution in [0.25, 0.3) is 0 Å². The summed E-state index contributed by atoms with van der Waals surface area (Å²) in [5.74, 6) is 0. The van der Waals surface area contributed by atoms with Crippen LogP contribution < -0.4 is 11.1 Å². The lowest BCUT2D eigenvalue weighted by molar-refractivity contribution is 0.0214. The first-order valence-corrected chi connectivity index (χ1v) is 5.88. The van der Waals surface area contributed by atoms with Gasteiger partial charge in [-0.05, 0) is 12.8 Å². The van der Waals surface area contributed by atoms with Crippen LogP contribution in [0.3, 0.4) is 0 Å². The Morgan fingerprint density at radius 2 is 2.12 bits per heavy atom. The van der Waals surface area contributed by atoms with E-state index < -0.39 is 0 Å². The first kappa shape index (κ1) is 13.9. The lowest BCUT2D eigenvalue weighted by atomic mass is 10.2. The molecule has 1 aliphatic rings. The van der Waals surface area contributed by atoms with Crippen molar-refractivity contribution in [3.8, 4) is 0 Å². The first-order chi connectivity index (χ1) is 7.80. The van der Waals surface area contributed by atoms with Crippen LogP contribution in [0.15, 0.2) is 0 Å². The van der Waals surface area contributed by atoms with Crippen molar-refractivity contribution < 1.29 is 14.2 Å². The van der Waals surface area contributed by atoms with Gasteiger partial charge in [0.1, 0.15) is 0 Å². The molecular formula is C11H24N2O3. The molecule has 0 amide bonds. The van der Waals surface area contributed by atoms with E-state index in [1.165, 1.54) is 0 Å². The molecule has 96 valence electrons. The van der Waals surface area contributed by atoms with E-state index in [0.717, 1.165) is 25.9 Å². The average Bonchev–Trinajstić information content (AvgIpc) is 2.76. The van der Waals surface area contributed by atoms with Crippen molar-refractivity contribution in [3.05, 3.63) is 0 Å². The van der Waals surface area contributed by atoms with E-state index in [-0.39, 0.29) is 12.2 Å². The van der Waals surface area contributed by atoms with Gasteiger partial charge in [0.2, 0.25) is 0 Å². The summed E-state index contributed by atoms with van der Waals surface area (Å²) in [7, 11) is 3.37. The summed E-state index contributed by atoms with van der Waals surface area (Å²) in [5.41, 5.74) is 5.55. The number of hydrogen-bond donors (Lipinski definition) is 2. The largest absolute Gasteiger partial charge is 0.382 e. The van der Waals surface area contributed by atoms with Gasteiger partial charge in [-0.25, -0.2) is 0 Å². The molecule has 0 saturated carbocycles. The Morgan fingerprint density at radius 1 is 1.38 bits per heavy atom. The predicted molar refractivity (Wildman–Crippen MR) is 62.5 cm³/mol. The third-order valence-electron chi connectivity index (χ3n) is 2.89. The van der Waals surface area contributed by atoms with E-state index in [1.54, 1.807) is 14.2 Å². The van der Waals surface area contributed by atoms with Gasteiger partial charge in [0.05, 0.1) is 24.9 Å². The summed E-state index contributed by atoms with van der Waals surface area (Å²) < 4.78 is 16.0. The summed E-state index contributed by atoms with van der Waals surface area (Å²) in [6.45, 7) is 2.89. The molecule has 5 heteroatoms. The topological polar surface area (TPSA) is 65.7 Å². The molecule has 16 heavy (non-hydrogen) atoms. The fourth-order valence-corrected chi connectivity index (χ4v) is 1.91. The highest BCUT2D eigenvalue weighted by atomic mass is 16.5. The Kier molecular flexibility index (Phi) is 6.91. The molecule has 5 nitrogen and oxygen atoms in total. The minimum Gasteiger partial charge on any atom is -0.382 e. The van der Waals surface area contributed by atoms with Gasteiger partial charge in [0, 0.05) is 33.9 Å². The van der Waals surface area contributed by atoms with E-state index in [2.05, 4.69) is 5.32 Å². The zero-order valence-electron chi connectivity index (χ0n) is 10.3. The van der Waals surface area contributed by atoms with Gasteiger partial charge < -0.3 is 25.3 Å². The number of ether oxygens (including phenoxy) is 3. The van der Waals surface area contributed by atoms with Crippen LogP contribution in [0.2, 0.25) is 0 Å². The highest BCUT2D eigenvalue weighted by Gasteiger charge is 2.23. The summed E-state index contributed by atoms with van der Waals surface area (Å²) in [4.78, 5) is 0. The van der Waals surface area contributed by atoms with E-state index in [0.29, 0.717) is 19.3 Å². The van der Waals surface area contributed by atoms with Crippen molar-refractivity contribution >= 4 is 0 Å². The number of methoxy groups -OCH3 is 2. The Labute approximate surface area is 97.6 Å². The quantitative estimate of drug-likeness (QED) is 0.604. The second-order valence-electron chi connectivity index (χ2n) is 4.16. The third kappa shape index (κ3) is 4.76. The van der Waals surface area contributed by atoms with Gasteiger partial charge in [-0.2, -0.15) is 0 Å². The molecule has 1 fully saturated rings. The molecule has 3 atom stereocenters. The molecule has 3 N–H and O–H groups in total. The fourth-order valence-electron chi connectivity index (χ4n) is 1.91. The molecule has 0 aromatic heterocycles. The summed E-state index contributed by atoms with van der Waals surface area (Å²) in [5, 5.41) is 3.34. The maximum atomic E-state index is 5.73. The molecule has 1 saturated heterocycles. The van der Waals surface area contributed by atoms with Crippen LogP contribution in [-0.4, -0.2) is 58.8 Å². The maximum absolute atomic E-state index is 5.73. The Hall–Kier alpha value is -0.200. The van der Waals surface area contributed by atoms with Crippen LogP contribution in [0, 0.1) is 0 Å². The standard InChI is InChI=1S/C11H24N2O3/c1-14-8-11(15-2)7-13-6-10-4-3-9(5-12)16-10/h9-11,13H,3-8,12H2,1-2H3. The van der Waals surface area contributed by atoms with E-state index in [1.807, 2.05) is 0 Å². The molecule has 0 aromatic rings. The van der Waals surface area contributed by atoms with Crippen LogP contribution in [0.1, 0.15) is 12.8 Å². The minimum absolute atomic E-state index is 0.108. The second kappa shape index (κ2) is 7.97. The van der Waals surface area contributed by atoms with Gasteiger partial charge in [-0.3, -0.25) is 0 Å². The molecule has 1 aliphatic heterocycles. The van der Waals surface area contributed by atoms with E-state index >= 15 is 0 Å². The molecule has 0 aromatic carbocycles. The third-order valence-corrected chi connectivity index (χ3v) is 2.89. The lowest BCUT2D eigenvalue weighted by Gasteiger charge is -2.17. The highest BCUT2D eigenvalue weighted by molar-refractivity contribution is 4.76. The fraction of sp³-hybridized carbons (Fsp3) is 1.00. The molecule has 3 unspecified atom stereocenters. The van der Waals surface area contributed by atoms with Crippen molar-refractivity contribution in [3.63, 3.8) is 0 Å². The van der Waals surface area contributed by atoms with Crippen molar-refractivity contribution in [1.82, 2.24) is 5.32 Å². The normalized spacial score (nSPS) is 27.2. The molecule has 0 aliphatic carbocycles. The molecule has 0 bridgehead atoms. The Morgan fingerprint density at radius 3 is 2.69 bits per heavy atom. The van der Waals surface area contributed by atoms with Crippen molar-refractivity contribution in [1.29, 1.82) is 0 Å². The summed E-state index contributed by atoms with van der Waals surface area (Å²) >= 11 is 0. The van der Waals surface area contributed by atoms with Crippen molar-refractivity contribution in [2.24, 2.45) is 5.73 Å². The number of nitrogens with two attached hydrogens (primary N) is 1.